The Labute approximate surface area is 156 Å². The van der Waals surface area contributed by atoms with Gasteiger partial charge in [-0.05, 0) is 30.0 Å². The van der Waals surface area contributed by atoms with Crippen LogP contribution in [-0.2, 0) is 6.54 Å². The van der Waals surface area contributed by atoms with Crippen molar-refractivity contribution in [2.45, 2.75) is 13.0 Å². The number of halogens is 2. The third kappa shape index (κ3) is 5.06. The monoisotopic (exact) mass is 376 g/mol. The lowest BCUT2D eigenvalue weighted by Gasteiger charge is -2.19. The van der Waals surface area contributed by atoms with Crippen LogP contribution in [0, 0.1) is 17.6 Å². The largest absolute Gasteiger partial charge is 0.481 e. The van der Waals surface area contributed by atoms with E-state index in [0.29, 0.717) is 31.2 Å². The van der Waals surface area contributed by atoms with E-state index in [9.17, 15) is 13.6 Å². The second-order valence-electron chi connectivity index (χ2n) is 6.47. The van der Waals surface area contributed by atoms with Gasteiger partial charge < -0.3 is 20.3 Å². The standard InChI is InChI=1S/C19H22F2N4O2/c1-27-18-5-2-13(9-22-18)10-23-19(26)24-11-14-6-7-25(12-14)15-3-4-16(20)17(21)8-15/h2-5,8-9,14H,6-7,10-12H2,1H3,(H2,23,24,26)/t14-/m0/s1. The topological polar surface area (TPSA) is 66.5 Å². The number of benzene rings is 1. The highest BCUT2D eigenvalue weighted by Crippen LogP contribution is 2.24. The van der Waals surface area contributed by atoms with E-state index in [2.05, 4.69) is 15.6 Å². The SMILES string of the molecule is COc1ccc(CNC(=O)NC[C@@H]2CCN(c3ccc(F)c(F)c3)C2)cn1. The summed E-state index contributed by atoms with van der Waals surface area (Å²) >= 11 is 0. The number of hydrogen-bond donors (Lipinski definition) is 2. The van der Waals surface area contributed by atoms with Crippen molar-refractivity contribution in [1.82, 2.24) is 15.6 Å². The molecule has 1 aliphatic heterocycles. The van der Waals surface area contributed by atoms with Crippen LogP contribution in [0.5, 0.6) is 5.88 Å². The van der Waals surface area contributed by atoms with Crippen LogP contribution in [0.1, 0.15) is 12.0 Å². The summed E-state index contributed by atoms with van der Waals surface area (Å²) in [5.74, 6) is -0.914. The number of nitrogens with zero attached hydrogens (tertiary/aromatic N) is 2. The summed E-state index contributed by atoms with van der Waals surface area (Å²) in [6, 6.07) is 7.24. The molecule has 2 N–H and O–H groups in total. The minimum atomic E-state index is -0.847. The van der Waals surface area contributed by atoms with Crippen LogP contribution in [0.3, 0.4) is 0 Å². The smallest absolute Gasteiger partial charge is 0.315 e. The first kappa shape index (κ1) is 18.9. The lowest BCUT2D eigenvalue weighted by atomic mass is 10.1. The van der Waals surface area contributed by atoms with Crippen LogP contribution >= 0.6 is 0 Å². The minimum absolute atomic E-state index is 0.253. The zero-order valence-corrected chi connectivity index (χ0v) is 15.0. The van der Waals surface area contributed by atoms with Gasteiger partial charge in [0.25, 0.3) is 0 Å². The molecule has 3 rings (SSSR count). The van der Waals surface area contributed by atoms with Crippen molar-refractivity contribution in [3.8, 4) is 5.88 Å². The van der Waals surface area contributed by atoms with Crippen LogP contribution in [0.15, 0.2) is 36.5 Å². The molecule has 0 bridgehead atoms. The van der Waals surface area contributed by atoms with E-state index in [-0.39, 0.29) is 11.9 Å². The maximum atomic E-state index is 13.4. The molecule has 0 radical (unpaired) electrons. The fourth-order valence-electron chi connectivity index (χ4n) is 3.03. The van der Waals surface area contributed by atoms with Gasteiger partial charge in [-0.25, -0.2) is 18.6 Å². The van der Waals surface area contributed by atoms with Crippen molar-refractivity contribution in [2.24, 2.45) is 5.92 Å². The van der Waals surface area contributed by atoms with Crippen LogP contribution < -0.4 is 20.3 Å². The molecule has 144 valence electrons. The van der Waals surface area contributed by atoms with E-state index in [4.69, 9.17) is 4.74 Å². The van der Waals surface area contributed by atoms with Gasteiger partial charge in [-0.15, -0.1) is 0 Å². The van der Waals surface area contributed by atoms with Gasteiger partial charge >= 0.3 is 6.03 Å². The maximum Gasteiger partial charge on any atom is 0.315 e. The van der Waals surface area contributed by atoms with E-state index >= 15 is 0 Å². The van der Waals surface area contributed by atoms with Gasteiger partial charge in [-0.3, -0.25) is 0 Å². The van der Waals surface area contributed by atoms with Crippen LogP contribution in [0.25, 0.3) is 0 Å². The van der Waals surface area contributed by atoms with Gasteiger partial charge in [-0.1, -0.05) is 6.07 Å². The quantitative estimate of drug-likeness (QED) is 0.814. The second kappa shape index (κ2) is 8.66. The Kier molecular flexibility index (Phi) is 6.05. The van der Waals surface area contributed by atoms with Crippen molar-refractivity contribution in [1.29, 1.82) is 0 Å². The number of methoxy groups -OCH3 is 1. The number of hydrogen-bond acceptors (Lipinski definition) is 4. The number of aromatic nitrogens is 1. The lowest BCUT2D eigenvalue weighted by molar-refractivity contribution is 0.239. The third-order valence-electron chi connectivity index (χ3n) is 4.57. The zero-order valence-electron chi connectivity index (χ0n) is 15.0. The molecular weight excluding hydrogens is 354 g/mol. The number of rotatable bonds is 6. The first-order chi connectivity index (χ1) is 13.0. The summed E-state index contributed by atoms with van der Waals surface area (Å²) in [5.41, 5.74) is 1.53. The molecule has 0 aliphatic carbocycles. The van der Waals surface area contributed by atoms with Gasteiger partial charge in [0, 0.05) is 50.2 Å². The Morgan fingerprint density at radius 2 is 2.11 bits per heavy atom. The highest BCUT2D eigenvalue weighted by Gasteiger charge is 2.23. The zero-order chi connectivity index (χ0) is 19.2. The molecule has 1 atom stereocenters. The van der Waals surface area contributed by atoms with Crippen molar-refractivity contribution in [2.75, 3.05) is 31.6 Å². The molecule has 1 fully saturated rings. The van der Waals surface area contributed by atoms with Crippen LogP contribution in [0.2, 0.25) is 0 Å². The number of nitrogens with one attached hydrogen (secondary N) is 2. The molecule has 0 saturated carbocycles. The van der Waals surface area contributed by atoms with Crippen LogP contribution in [0.4, 0.5) is 19.3 Å². The van der Waals surface area contributed by atoms with Crippen molar-refractivity contribution >= 4 is 11.7 Å². The summed E-state index contributed by atoms with van der Waals surface area (Å²) in [6.07, 6.45) is 2.53. The van der Waals surface area contributed by atoms with E-state index in [1.165, 1.54) is 6.07 Å². The summed E-state index contributed by atoms with van der Waals surface area (Å²) in [5, 5.41) is 5.64. The molecule has 27 heavy (non-hydrogen) atoms. The Morgan fingerprint density at radius 3 is 2.81 bits per heavy atom. The normalized spacial score (nSPS) is 16.3. The average molecular weight is 376 g/mol. The summed E-state index contributed by atoms with van der Waals surface area (Å²) in [6.45, 7) is 2.33. The van der Waals surface area contributed by atoms with E-state index in [0.717, 1.165) is 24.6 Å². The van der Waals surface area contributed by atoms with Gasteiger partial charge in [0.2, 0.25) is 5.88 Å². The number of amides is 2. The fourth-order valence-corrected chi connectivity index (χ4v) is 3.03. The highest BCUT2D eigenvalue weighted by atomic mass is 19.2. The van der Waals surface area contributed by atoms with Crippen LogP contribution in [-0.4, -0.2) is 37.8 Å². The van der Waals surface area contributed by atoms with Crippen molar-refractivity contribution < 1.29 is 18.3 Å². The predicted octanol–water partition coefficient (Wildman–Crippen LogP) is 2.69. The number of carbonyl (C=O) groups is 1. The third-order valence-corrected chi connectivity index (χ3v) is 4.57. The fraction of sp³-hybridized carbons (Fsp3) is 0.368. The molecule has 1 saturated heterocycles. The summed E-state index contributed by atoms with van der Waals surface area (Å²) in [4.78, 5) is 18.0. The lowest BCUT2D eigenvalue weighted by Crippen LogP contribution is -2.38. The van der Waals surface area contributed by atoms with E-state index in [1.54, 1.807) is 25.4 Å². The first-order valence-corrected chi connectivity index (χ1v) is 8.76. The molecule has 2 amide bonds. The molecule has 0 spiro atoms. The molecule has 2 aromatic rings. The number of ether oxygens (including phenoxy) is 1. The molecule has 2 heterocycles. The number of pyridine rings is 1. The Balaban J connectivity index is 1.40. The van der Waals surface area contributed by atoms with Crippen molar-refractivity contribution in [3.05, 3.63) is 53.7 Å². The Hall–Kier alpha value is -2.90. The summed E-state index contributed by atoms with van der Waals surface area (Å²) in [7, 11) is 1.55. The molecule has 1 aromatic heterocycles. The highest BCUT2D eigenvalue weighted by molar-refractivity contribution is 5.73. The molecule has 1 aromatic carbocycles. The van der Waals surface area contributed by atoms with E-state index in [1.807, 2.05) is 11.0 Å². The Bertz CT molecular complexity index is 786. The predicted molar refractivity (Wildman–Crippen MR) is 97.7 cm³/mol. The molecule has 6 nitrogen and oxygen atoms in total. The Morgan fingerprint density at radius 1 is 1.26 bits per heavy atom. The van der Waals surface area contributed by atoms with Gasteiger partial charge in [0.1, 0.15) is 0 Å². The van der Waals surface area contributed by atoms with Crippen molar-refractivity contribution in [3.63, 3.8) is 0 Å². The first-order valence-electron chi connectivity index (χ1n) is 8.76. The van der Waals surface area contributed by atoms with Gasteiger partial charge in [0.15, 0.2) is 11.6 Å². The molecular formula is C19H22F2N4O2. The number of anilines is 1. The number of urea groups is 1. The van der Waals surface area contributed by atoms with Gasteiger partial charge in [0.05, 0.1) is 7.11 Å². The number of carbonyl (C=O) groups excluding carboxylic acids is 1. The van der Waals surface area contributed by atoms with Gasteiger partial charge in [-0.2, -0.15) is 0 Å². The van der Waals surface area contributed by atoms with E-state index < -0.39 is 11.6 Å². The molecule has 8 heteroatoms. The summed E-state index contributed by atoms with van der Waals surface area (Å²) < 4.78 is 31.4. The molecule has 1 aliphatic rings. The average Bonchev–Trinajstić information content (AvgIpc) is 3.16. The molecule has 0 unspecified atom stereocenters. The second-order valence-corrected chi connectivity index (χ2v) is 6.47. The maximum absolute atomic E-state index is 13.4. The minimum Gasteiger partial charge on any atom is -0.481 e.